The summed E-state index contributed by atoms with van der Waals surface area (Å²) in [5.41, 5.74) is 0. The molecule has 0 saturated heterocycles. The van der Waals surface area contributed by atoms with E-state index >= 15 is 0 Å². The van der Waals surface area contributed by atoms with Crippen molar-refractivity contribution in [3.05, 3.63) is 24.3 Å². The highest BCUT2D eigenvalue weighted by molar-refractivity contribution is 9.12. The zero-order valence-electron chi connectivity index (χ0n) is 7.45. The summed E-state index contributed by atoms with van der Waals surface area (Å²) in [6, 6.07) is 7.53. The molecule has 0 aliphatic heterocycles. The molecule has 13 heavy (non-hydrogen) atoms. The molecule has 1 rings (SSSR count). The third-order valence-electron chi connectivity index (χ3n) is 1.29. The molecular weight excluding hydrogens is 234 g/mol. The predicted octanol–water partition coefficient (Wildman–Crippen LogP) is 2.57. The number of benzene rings is 1. The van der Waals surface area contributed by atoms with E-state index in [1.54, 1.807) is 19.2 Å². The molecule has 0 aliphatic rings. The molecule has 0 heterocycles. The second-order valence-electron chi connectivity index (χ2n) is 1.94. The van der Waals surface area contributed by atoms with E-state index in [2.05, 4.69) is 15.9 Å². The number of hydrogen-bond donors (Lipinski definition) is 0. The number of rotatable bonds is 2. The van der Waals surface area contributed by atoms with E-state index in [0.29, 0.717) is 0 Å². The topological polar surface area (TPSA) is 42.2 Å². The van der Waals surface area contributed by atoms with Gasteiger partial charge in [-0.3, -0.25) is 0 Å². The highest BCUT2D eigenvalue weighted by Gasteiger charge is 1.97. The Hall–Kier alpha value is -1.21. The second-order valence-corrected chi connectivity index (χ2v) is 2.29. The van der Waals surface area contributed by atoms with Gasteiger partial charge in [0.1, 0.15) is 4.98 Å². The zero-order valence-corrected chi connectivity index (χ0v) is 9.04. The fraction of sp³-hybridized carbons (Fsp3) is 0.222. The van der Waals surface area contributed by atoms with Crippen molar-refractivity contribution in [1.82, 2.24) is 0 Å². The van der Waals surface area contributed by atoms with E-state index in [1.165, 1.54) is 0 Å². The van der Waals surface area contributed by atoms with E-state index in [4.69, 9.17) is 14.7 Å². The number of methoxy groups -OCH3 is 2. The van der Waals surface area contributed by atoms with Crippen molar-refractivity contribution in [3.8, 4) is 16.5 Å². The largest absolute Gasteiger partial charge is 0.493 e. The summed E-state index contributed by atoms with van der Waals surface area (Å²) in [6.45, 7) is 0. The molecule has 0 atom stereocenters. The van der Waals surface area contributed by atoms with Crippen molar-refractivity contribution in [3.63, 3.8) is 0 Å². The summed E-state index contributed by atoms with van der Waals surface area (Å²) in [5, 5.41) is 7.24. The normalized spacial score (nSPS) is 7.54. The molecular formula is C9H10BrNO2. The Morgan fingerprint density at radius 2 is 1.46 bits per heavy atom. The van der Waals surface area contributed by atoms with Crippen LogP contribution in [0.15, 0.2) is 24.3 Å². The summed E-state index contributed by atoms with van der Waals surface area (Å²) in [6.07, 6.45) is 0. The van der Waals surface area contributed by atoms with E-state index in [9.17, 15) is 0 Å². The SMILES string of the molecule is COc1ccccc1OC.N#CBr. The first-order chi connectivity index (χ1) is 6.29. The van der Waals surface area contributed by atoms with Crippen LogP contribution in [0.2, 0.25) is 0 Å². The fourth-order valence-corrected chi connectivity index (χ4v) is 0.787. The van der Waals surface area contributed by atoms with Crippen LogP contribution in [0.5, 0.6) is 11.5 Å². The van der Waals surface area contributed by atoms with Gasteiger partial charge in [0.2, 0.25) is 0 Å². The third kappa shape index (κ3) is 4.38. The molecule has 0 amide bonds. The van der Waals surface area contributed by atoms with Crippen LogP contribution in [0, 0.1) is 10.2 Å². The van der Waals surface area contributed by atoms with Gasteiger partial charge in [-0.15, -0.1) is 0 Å². The van der Waals surface area contributed by atoms with Crippen LogP contribution in [0.1, 0.15) is 0 Å². The molecule has 0 spiro atoms. The van der Waals surface area contributed by atoms with Gasteiger partial charge in [0.25, 0.3) is 0 Å². The summed E-state index contributed by atoms with van der Waals surface area (Å²) in [7, 11) is 3.25. The van der Waals surface area contributed by atoms with Gasteiger partial charge in [0.15, 0.2) is 11.5 Å². The summed E-state index contributed by atoms with van der Waals surface area (Å²) in [5.74, 6) is 1.54. The fourth-order valence-electron chi connectivity index (χ4n) is 0.787. The van der Waals surface area contributed by atoms with Gasteiger partial charge in [-0.2, -0.15) is 5.26 Å². The van der Waals surface area contributed by atoms with Crippen LogP contribution < -0.4 is 9.47 Å². The molecule has 70 valence electrons. The highest BCUT2D eigenvalue weighted by Crippen LogP contribution is 2.24. The lowest BCUT2D eigenvalue weighted by molar-refractivity contribution is 0.355. The number of nitrogens with zero attached hydrogens (tertiary/aromatic N) is 1. The maximum Gasteiger partial charge on any atom is 0.160 e. The number of ether oxygens (including phenoxy) is 2. The Morgan fingerprint density at radius 1 is 1.15 bits per heavy atom. The van der Waals surface area contributed by atoms with Crippen molar-refractivity contribution >= 4 is 15.9 Å². The van der Waals surface area contributed by atoms with Gasteiger partial charge in [-0.1, -0.05) is 12.1 Å². The van der Waals surface area contributed by atoms with Crippen LogP contribution in [-0.2, 0) is 0 Å². The molecule has 0 fully saturated rings. The lowest BCUT2D eigenvalue weighted by atomic mass is 10.3. The lowest BCUT2D eigenvalue weighted by Crippen LogP contribution is -1.88. The standard InChI is InChI=1S/C8H10O2.CBrN/c1-9-7-5-3-4-6-8(7)10-2;2-1-3/h3-6H,1-2H3;. The van der Waals surface area contributed by atoms with Crippen molar-refractivity contribution in [2.45, 2.75) is 0 Å². The summed E-state index contributed by atoms with van der Waals surface area (Å²) < 4.78 is 10.0. The Kier molecular flexibility index (Phi) is 6.75. The van der Waals surface area contributed by atoms with Gasteiger partial charge in [-0.25, -0.2) is 0 Å². The molecule has 1 aromatic rings. The maximum atomic E-state index is 7.24. The minimum absolute atomic E-state index is 0.769. The summed E-state index contributed by atoms with van der Waals surface area (Å²) >= 11 is 2.45. The Labute approximate surface area is 86.0 Å². The van der Waals surface area contributed by atoms with Gasteiger partial charge < -0.3 is 9.47 Å². The Balaban J connectivity index is 0.000000424. The number of nitriles is 1. The quantitative estimate of drug-likeness (QED) is 0.802. The number of hydrogen-bond acceptors (Lipinski definition) is 3. The molecule has 0 unspecified atom stereocenters. The zero-order chi connectivity index (χ0) is 10.1. The molecule has 0 aromatic heterocycles. The highest BCUT2D eigenvalue weighted by atomic mass is 79.9. The average molecular weight is 244 g/mol. The maximum absolute atomic E-state index is 7.24. The molecule has 0 radical (unpaired) electrons. The first-order valence-corrected chi connectivity index (χ1v) is 4.26. The minimum atomic E-state index is 0.769. The van der Waals surface area contributed by atoms with Crippen LogP contribution in [0.3, 0.4) is 0 Å². The van der Waals surface area contributed by atoms with E-state index in [0.717, 1.165) is 11.5 Å². The molecule has 0 bridgehead atoms. The molecule has 0 N–H and O–H groups in total. The van der Waals surface area contributed by atoms with Gasteiger partial charge in [0.05, 0.1) is 14.2 Å². The lowest BCUT2D eigenvalue weighted by Gasteiger charge is -2.04. The molecule has 3 nitrogen and oxygen atoms in total. The average Bonchev–Trinajstić information content (AvgIpc) is 2.19. The van der Waals surface area contributed by atoms with Crippen LogP contribution in [0.25, 0.3) is 0 Å². The van der Waals surface area contributed by atoms with Gasteiger partial charge in [-0.05, 0) is 12.1 Å². The van der Waals surface area contributed by atoms with Crippen LogP contribution >= 0.6 is 15.9 Å². The monoisotopic (exact) mass is 243 g/mol. The van der Waals surface area contributed by atoms with E-state index in [1.807, 2.05) is 24.3 Å². The van der Waals surface area contributed by atoms with Crippen LogP contribution in [-0.4, -0.2) is 14.2 Å². The molecule has 0 saturated carbocycles. The van der Waals surface area contributed by atoms with Crippen molar-refractivity contribution in [1.29, 1.82) is 5.26 Å². The van der Waals surface area contributed by atoms with Crippen molar-refractivity contribution in [2.75, 3.05) is 14.2 Å². The Bertz CT molecular complexity index is 260. The molecule has 1 aromatic carbocycles. The Morgan fingerprint density at radius 3 is 1.69 bits per heavy atom. The first-order valence-electron chi connectivity index (χ1n) is 3.46. The molecule has 0 aliphatic carbocycles. The van der Waals surface area contributed by atoms with Crippen LogP contribution in [0.4, 0.5) is 0 Å². The predicted molar refractivity (Wildman–Crippen MR) is 54.1 cm³/mol. The van der Waals surface area contributed by atoms with Gasteiger partial charge >= 0.3 is 0 Å². The summed E-state index contributed by atoms with van der Waals surface area (Å²) in [4.78, 5) is 1.56. The third-order valence-corrected chi connectivity index (χ3v) is 1.29. The smallest absolute Gasteiger partial charge is 0.160 e. The number of para-hydroxylation sites is 2. The van der Waals surface area contributed by atoms with E-state index in [-0.39, 0.29) is 0 Å². The van der Waals surface area contributed by atoms with Crippen molar-refractivity contribution in [2.24, 2.45) is 0 Å². The number of halogens is 1. The van der Waals surface area contributed by atoms with Gasteiger partial charge in [0, 0.05) is 15.9 Å². The minimum Gasteiger partial charge on any atom is -0.493 e. The second kappa shape index (κ2) is 7.44. The first kappa shape index (κ1) is 11.8. The molecule has 4 heteroatoms. The van der Waals surface area contributed by atoms with Crippen molar-refractivity contribution < 1.29 is 9.47 Å². The van der Waals surface area contributed by atoms with E-state index < -0.39 is 0 Å².